The Balaban J connectivity index is 1.68. The van der Waals surface area contributed by atoms with E-state index in [0.717, 1.165) is 22.4 Å². The van der Waals surface area contributed by atoms with E-state index in [1.54, 1.807) is 19.2 Å². The average Bonchev–Trinajstić information content (AvgIpc) is 2.83. The Kier molecular flexibility index (Phi) is 6.97. The molecule has 0 aromatic heterocycles. The van der Waals surface area contributed by atoms with Gasteiger partial charge in [-0.05, 0) is 47.4 Å². The predicted octanol–water partition coefficient (Wildman–Crippen LogP) is 4.67. The Bertz CT molecular complexity index is 1050. The second-order valence-corrected chi connectivity index (χ2v) is 7.89. The van der Waals surface area contributed by atoms with Gasteiger partial charge in [0.05, 0.1) is 19.2 Å². The van der Waals surface area contributed by atoms with E-state index in [1.807, 2.05) is 59.5 Å². The van der Waals surface area contributed by atoms with Crippen LogP contribution in [0.4, 0.5) is 4.39 Å². The average molecular weight is 431 g/mol. The van der Waals surface area contributed by atoms with Crippen LogP contribution in [0.3, 0.4) is 0 Å². The molecule has 3 aromatic carbocycles. The first-order valence-corrected chi connectivity index (χ1v) is 10.8. The second-order valence-electron chi connectivity index (χ2n) is 7.89. The number of hydrogen-bond acceptors (Lipinski definition) is 3. The minimum Gasteiger partial charge on any atom is -0.497 e. The van der Waals surface area contributed by atoms with Gasteiger partial charge in [0.1, 0.15) is 11.6 Å². The van der Waals surface area contributed by atoms with E-state index >= 15 is 0 Å². The predicted molar refractivity (Wildman–Crippen MR) is 124 cm³/mol. The van der Waals surface area contributed by atoms with Crippen LogP contribution in [0.5, 0.6) is 5.75 Å². The quantitative estimate of drug-likeness (QED) is 0.578. The minimum atomic E-state index is -0.358. The van der Waals surface area contributed by atoms with E-state index < -0.39 is 0 Å². The molecular formula is C27H27FN2O2. The smallest absolute Gasteiger partial charge is 0.241 e. The van der Waals surface area contributed by atoms with Gasteiger partial charge in [0.15, 0.2) is 0 Å². The van der Waals surface area contributed by atoms with Gasteiger partial charge in [-0.15, -0.1) is 0 Å². The molecule has 1 amide bonds. The molecule has 164 valence electrons. The monoisotopic (exact) mass is 430 g/mol. The van der Waals surface area contributed by atoms with Crippen LogP contribution in [-0.2, 0) is 17.8 Å². The maximum absolute atomic E-state index is 13.8. The molecule has 0 saturated carbocycles. The van der Waals surface area contributed by atoms with Crippen LogP contribution in [0.1, 0.15) is 22.7 Å². The molecule has 0 aliphatic carbocycles. The van der Waals surface area contributed by atoms with Crippen molar-refractivity contribution in [3.05, 3.63) is 114 Å². The fourth-order valence-electron chi connectivity index (χ4n) is 4.00. The SMILES string of the molecule is COc1ccc(C2C=CCNC(Cc3ccccc3)C(=O)N2Cc2ccc(F)cc2)cc1. The summed E-state index contributed by atoms with van der Waals surface area (Å²) >= 11 is 0. The molecule has 0 bridgehead atoms. The summed E-state index contributed by atoms with van der Waals surface area (Å²) in [4.78, 5) is 15.7. The van der Waals surface area contributed by atoms with Crippen molar-refractivity contribution in [2.24, 2.45) is 0 Å². The summed E-state index contributed by atoms with van der Waals surface area (Å²) in [7, 11) is 1.63. The number of nitrogens with one attached hydrogen (secondary N) is 1. The van der Waals surface area contributed by atoms with Gasteiger partial charge in [0.25, 0.3) is 0 Å². The van der Waals surface area contributed by atoms with E-state index in [4.69, 9.17) is 4.74 Å². The lowest BCUT2D eigenvalue weighted by Crippen LogP contribution is -2.49. The zero-order chi connectivity index (χ0) is 22.3. The van der Waals surface area contributed by atoms with E-state index in [1.165, 1.54) is 12.1 Å². The zero-order valence-corrected chi connectivity index (χ0v) is 18.1. The number of halogens is 1. The normalized spacial score (nSPS) is 18.8. The summed E-state index contributed by atoms with van der Waals surface area (Å²) in [6.45, 7) is 0.993. The summed E-state index contributed by atoms with van der Waals surface area (Å²) in [5.41, 5.74) is 2.98. The standard InChI is InChI=1S/C27H27FN2O2/c1-32-24-15-11-22(12-16-24)26-8-5-17-29-25(18-20-6-3-2-4-7-20)27(31)30(26)19-21-9-13-23(28)14-10-21/h2-16,25-26,29H,17-19H2,1H3. The second kappa shape index (κ2) is 10.2. The molecule has 3 aromatic rings. The summed E-state index contributed by atoms with van der Waals surface area (Å²) in [5.74, 6) is 0.495. The van der Waals surface area contributed by atoms with Crippen molar-refractivity contribution in [1.29, 1.82) is 0 Å². The Morgan fingerprint density at radius 3 is 2.38 bits per heavy atom. The lowest BCUT2D eigenvalue weighted by atomic mass is 9.98. The van der Waals surface area contributed by atoms with E-state index in [0.29, 0.717) is 19.5 Å². The number of rotatable bonds is 6. The van der Waals surface area contributed by atoms with Crippen molar-refractivity contribution < 1.29 is 13.9 Å². The summed E-state index contributed by atoms with van der Waals surface area (Å²) in [6.07, 6.45) is 4.72. The number of carbonyl (C=O) groups is 1. The van der Waals surface area contributed by atoms with Crippen LogP contribution in [-0.4, -0.2) is 30.5 Å². The van der Waals surface area contributed by atoms with Crippen LogP contribution < -0.4 is 10.1 Å². The number of carbonyl (C=O) groups excluding carboxylic acids is 1. The van der Waals surface area contributed by atoms with Gasteiger partial charge >= 0.3 is 0 Å². The van der Waals surface area contributed by atoms with Crippen LogP contribution in [0, 0.1) is 5.82 Å². The van der Waals surface area contributed by atoms with Crippen LogP contribution in [0.25, 0.3) is 0 Å². The largest absolute Gasteiger partial charge is 0.497 e. The Labute approximate surface area is 188 Å². The summed E-state index contributed by atoms with van der Waals surface area (Å²) in [6, 6.07) is 23.5. The van der Waals surface area contributed by atoms with Crippen LogP contribution in [0.2, 0.25) is 0 Å². The molecule has 5 heteroatoms. The number of nitrogens with zero attached hydrogens (tertiary/aromatic N) is 1. The third-order valence-corrected chi connectivity index (χ3v) is 5.72. The van der Waals surface area contributed by atoms with E-state index in [2.05, 4.69) is 17.5 Å². The van der Waals surface area contributed by atoms with Crippen molar-refractivity contribution in [3.8, 4) is 5.75 Å². The van der Waals surface area contributed by atoms with Crippen LogP contribution in [0.15, 0.2) is 91.0 Å². The first-order chi connectivity index (χ1) is 15.6. The molecule has 2 atom stereocenters. The fourth-order valence-corrected chi connectivity index (χ4v) is 4.00. The zero-order valence-electron chi connectivity index (χ0n) is 18.1. The van der Waals surface area contributed by atoms with E-state index in [9.17, 15) is 9.18 Å². The molecule has 4 rings (SSSR count). The number of hydrogen-bond donors (Lipinski definition) is 1. The topological polar surface area (TPSA) is 41.6 Å². The summed E-state index contributed by atoms with van der Waals surface area (Å²) in [5, 5.41) is 3.38. The molecule has 0 saturated heterocycles. The lowest BCUT2D eigenvalue weighted by Gasteiger charge is -2.35. The molecule has 0 fully saturated rings. The van der Waals surface area contributed by atoms with Gasteiger partial charge in [-0.3, -0.25) is 4.79 Å². The van der Waals surface area contributed by atoms with Crippen LogP contribution >= 0.6 is 0 Å². The third-order valence-electron chi connectivity index (χ3n) is 5.72. The summed E-state index contributed by atoms with van der Waals surface area (Å²) < 4.78 is 18.8. The van der Waals surface area contributed by atoms with Gasteiger partial charge in [-0.25, -0.2) is 4.39 Å². The highest BCUT2D eigenvalue weighted by Gasteiger charge is 2.30. The van der Waals surface area contributed by atoms with Gasteiger partial charge in [-0.2, -0.15) is 0 Å². The highest BCUT2D eigenvalue weighted by Crippen LogP contribution is 2.28. The highest BCUT2D eigenvalue weighted by atomic mass is 19.1. The van der Waals surface area contributed by atoms with Crippen molar-refractivity contribution >= 4 is 5.91 Å². The highest BCUT2D eigenvalue weighted by molar-refractivity contribution is 5.83. The van der Waals surface area contributed by atoms with Gasteiger partial charge in [0.2, 0.25) is 5.91 Å². The molecule has 0 radical (unpaired) electrons. The Morgan fingerprint density at radius 2 is 1.69 bits per heavy atom. The van der Waals surface area contributed by atoms with Crippen molar-refractivity contribution in [2.45, 2.75) is 25.0 Å². The number of ether oxygens (including phenoxy) is 1. The molecule has 4 nitrogen and oxygen atoms in total. The molecule has 32 heavy (non-hydrogen) atoms. The molecule has 1 N–H and O–H groups in total. The fraction of sp³-hybridized carbons (Fsp3) is 0.222. The molecule has 1 heterocycles. The van der Waals surface area contributed by atoms with Gasteiger partial charge < -0.3 is 15.0 Å². The first-order valence-electron chi connectivity index (χ1n) is 10.8. The van der Waals surface area contributed by atoms with Crippen molar-refractivity contribution in [3.63, 3.8) is 0 Å². The van der Waals surface area contributed by atoms with Crippen molar-refractivity contribution in [2.75, 3.05) is 13.7 Å². The maximum atomic E-state index is 13.8. The lowest BCUT2D eigenvalue weighted by molar-refractivity contribution is -0.136. The van der Waals surface area contributed by atoms with Crippen molar-refractivity contribution in [1.82, 2.24) is 10.2 Å². The molecule has 2 unspecified atom stereocenters. The van der Waals surface area contributed by atoms with Gasteiger partial charge in [-0.1, -0.05) is 66.7 Å². The number of methoxy groups -OCH3 is 1. The Morgan fingerprint density at radius 1 is 0.969 bits per heavy atom. The molecular weight excluding hydrogens is 403 g/mol. The first kappa shape index (κ1) is 21.8. The van der Waals surface area contributed by atoms with E-state index in [-0.39, 0.29) is 23.8 Å². The number of benzene rings is 3. The molecule has 0 spiro atoms. The maximum Gasteiger partial charge on any atom is 0.241 e. The third kappa shape index (κ3) is 5.24. The minimum absolute atomic E-state index is 0.0170. The molecule has 1 aliphatic rings. The molecule has 1 aliphatic heterocycles. The number of amides is 1. The van der Waals surface area contributed by atoms with Gasteiger partial charge in [0, 0.05) is 13.1 Å². The Hall–Kier alpha value is -3.44.